The number of carbonyl (C=O) groups is 1. The molecule has 0 spiro atoms. The normalized spacial score (nSPS) is 22.2. The maximum absolute atomic E-state index is 12.4. The summed E-state index contributed by atoms with van der Waals surface area (Å²) in [6, 6.07) is 6.16. The van der Waals surface area contributed by atoms with Crippen molar-refractivity contribution in [3.05, 3.63) is 29.3 Å². The Balaban J connectivity index is 2.35. The van der Waals surface area contributed by atoms with Crippen LogP contribution in [0.5, 0.6) is 5.75 Å². The Labute approximate surface area is 123 Å². The van der Waals surface area contributed by atoms with Crippen LogP contribution in [0.3, 0.4) is 0 Å². The first-order chi connectivity index (χ1) is 9.11. The number of alkyl halides is 1. The van der Waals surface area contributed by atoms with E-state index in [4.69, 9.17) is 4.74 Å². The van der Waals surface area contributed by atoms with E-state index in [0.29, 0.717) is 12.2 Å². The van der Waals surface area contributed by atoms with Crippen LogP contribution in [-0.4, -0.2) is 18.2 Å². The van der Waals surface area contributed by atoms with Gasteiger partial charge in [-0.3, -0.25) is 4.79 Å². The fourth-order valence-electron chi connectivity index (χ4n) is 2.94. The summed E-state index contributed by atoms with van der Waals surface area (Å²) in [7, 11) is 1.68. The van der Waals surface area contributed by atoms with Crippen LogP contribution in [0, 0.1) is 0 Å². The largest absolute Gasteiger partial charge is 0.497 e. The number of ketones is 1. The van der Waals surface area contributed by atoms with Crippen LogP contribution in [0.25, 0.3) is 0 Å². The Morgan fingerprint density at radius 2 is 2.11 bits per heavy atom. The van der Waals surface area contributed by atoms with Gasteiger partial charge in [-0.1, -0.05) is 28.4 Å². The van der Waals surface area contributed by atoms with E-state index in [-0.39, 0.29) is 5.41 Å². The lowest BCUT2D eigenvalue weighted by Gasteiger charge is -2.35. The summed E-state index contributed by atoms with van der Waals surface area (Å²) < 4.78 is 5.32. The summed E-state index contributed by atoms with van der Waals surface area (Å²) in [5.41, 5.74) is 2.16. The molecule has 104 valence electrons. The van der Waals surface area contributed by atoms with Crippen LogP contribution in [0.2, 0.25) is 0 Å². The molecule has 1 aromatic carbocycles. The number of aryl methyl sites for hydroxylation is 1. The van der Waals surface area contributed by atoms with E-state index < -0.39 is 0 Å². The third kappa shape index (κ3) is 2.86. The molecule has 0 bridgehead atoms. The van der Waals surface area contributed by atoms with Crippen LogP contribution in [-0.2, 0) is 16.6 Å². The van der Waals surface area contributed by atoms with Crippen LogP contribution < -0.4 is 4.74 Å². The molecular weight excluding hydrogens is 304 g/mol. The predicted octanol–water partition coefficient (Wildman–Crippen LogP) is 4.03. The summed E-state index contributed by atoms with van der Waals surface area (Å²) in [4.78, 5) is 12.4. The van der Waals surface area contributed by atoms with E-state index in [1.807, 2.05) is 6.07 Å². The van der Waals surface area contributed by atoms with Gasteiger partial charge in [0.1, 0.15) is 11.5 Å². The van der Waals surface area contributed by atoms with Gasteiger partial charge in [0.2, 0.25) is 0 Å². The van der Waals surface area contributed by atoms with Crippen LogP contribution in [0.15, 0.2) is 18.2 Å². The Hall–Kier alpha value is -0.830. The second kappa shape index (κ2) is 6.08. The zero-order valence-electron chi connectivity index (χ0n) is 11.7. The molecule has 3 heteroatoms. The first-order valence-electron chi connectivity index (χ1n) is 6.88. The molecule has 0 saturated carbocycles. The van der Waals surface area contributed by atoms with Crippen molar-refractivity contribution in [2.45, 2.75) is 44.4 Å². The van der Waals surface area contributed by atoms with Crippen molar-refractivity contribution in [3.8, 4) is 5.75 Å². The van der Waals surface area contributed by atoms with Gasteiger partial charge in [0.05, 0.1) is 12.5 Å². The molecule has 0 aliphatic heterocycles. The molecule has 1 aliphatic rings. The average Bonchev–Trinajstić information content (AvgIpc) is 2.43. The second-order valence-electron chi connectivity index (χ2n) is 5.42. The zero-order valence-corrected chi connectivity index (χ0v) is 13.3. The molecule has 0 amide bonds. The van der Waals surface area contributed by atoms with E-state index in [0.717, 1.165) is 36.8 Å². The second-order valence-corrected chi connectivity index (χ2v) is 6.22. The number of methoxy groups -OCH3 is 1. The fraction of sp³-hybridized carbons (Fsp3) is 0.562. The van der Waals surface area contributed by atoms with Crippen LogP contribution in [0.1, 0.15) is 43.7 Å². The number of benzene rings is 1. The molecule has 2 rings (SSSR count). The lowest BCUT2D eigenvalue weighted by molar-refractivity contribution is -0.124. The quantitative estimate of drug-likeness (QED) is 0.603. The van der Waals surface area contributed by atoms with Gasteiger partial charge in [-0.05, 0) is 49.4 Å². The Morgan fingerprint density at radius 3 is 2.79 bits per heavy atom. The van der Waals surface area contributed by atoms with Crippen LogP contribution in [0.4, 0.5) is 0 Å². The molecule has 2 nitrogen and oxygen atoms in total. The number of ether oxygens (including phenoxy) is 1. The molecule has 0 saturated heterocycles. The van der Waals surface area contributed by atoms with Crippen LogP contribution >= 0.6 is 15.9 Å². The minimum absolute atomic E-state index is 0.329. The summed E-state index contributed by atoms with van der Waals surface area (Å²) >= 11 is 3.46. The monoisotopic (exact) mass is 324 g/mol. The van der Waals surface area contributed by atoms with Gasteiger partial charge in [-0.2, -0.15) is 0 Å². The standard InChI is InChI=1S/C16H21BrO2/c1-16(9-3-4-10-17)14-11-13(19-2)7-5-12(14)6-8-15(16)18/h5,7,11H,3-4,6,8-10H2,1-2H3. The van der Waals surface area contributed by atoms with Crippen molar-refractivity contribution in [3.63, 3.8) is 0 Å². The number of halogens is 1. The lowest BCUT2D eigenvalue weighted by atomic mass is 9.68. The van der Waals surface area contributed by atoms with Gasteiger partial charge < -0.3 is 4.74 Å². The van der Waals surface area contributed by atoms with Crippen molar-refractivity contribution in [2.75, 3.05) is 12.4 Å². The van der Waals surface area contributed by atoms with Crippen molar-refractivity contribution in [1.29, 1.82) is 0 Å². The van der Waals surface area contributed by atoms with Gasteiger partial charge >= 0.3 is 0 Å². The predicted molar refractivity (Wildman–Crippen MR) is 81.3 cm³/mol. The minimum atomic E-state index is -0.329. The summed E-state index contributed by atoms with van der Waals surface area (Å²) in [6.45, 7) is 2.10. The third-order valence-corrected chi connectivity index (χ3v) is 4.77. The highest BCUT2D eigenvalue weighted by molar-refractivity contribution is 9.09. The Bertz CT molecular complexity index is 470. The number of carbonyl (C=O) groups excluding carboxylic acids is 1. The Morgan fingerprint density at radius 1 is 1.32 bits per heavy atom. The maximum atomic E-state index is 12.4. The highest BCUT2D eigenvalue weighted by atomic mass is 79.9. The van der Waals surface area contributed by atoms with Gasteiger partial charge in [-0.15, -0.1) is 0 Å². The summed E-state index contributed by atoms with van der Waals surface area (Å²) in [5.74, 6) is 1.22. The minimum Gasteiger partial charge on any atom is -0.497 e. The smallest absolute Gasteiger partial charge is 0.143 e. The number of unbranched alkanes of at least 4 members (excludes halogenated alkanes) is 1. The SMILES string of the molecule is COc1ccc2c(c1)C(C)(CCCCBr)C(=O)CC2. The van der Waals surface area contributed by atoms with Gasteiger partial charge in [-0.25, -0.2) is 0 Å². The third-order valence-electron chi connectivity index (χ3n) is 4.21. The zero-order chi connectivity index (χ0) is 13.9. The van der Waals surface area contributed by atoms with E-state index in [9.17, 15) is 4.79 Å². The molecule has 0 radical (unpaired) electrons. The fourth-order valence-corrected chi connectivity index (χ4v) is 3.33. The maximum Gasteiger partial charge on any atom is 0.143 e. The molecule has 0 heterocycles. The molecule has 0 fully saturated rings. The first-order valence-corrected chi connectivity index (χ1v) is 8.00. The number of rotatable bonds is 5. The molecule has 1 aromatic rings. The molecule has 1 aliphatic carbocycles. The summed E-state index contributed by atoms with van der Waals surface area (Å²) in [5, 5.41) is 1.00. The van der Waals surface area contributed by atoms with E-state index in [1.165, 1.54) is 11.1 Å². The average molecular weight is 325 g/mol. The number of hydrogen-bond acceptors (Lipinski definition) is 2. The number of Topliss-reactive ketones (excluding diaryl/α,β-unsaturated/α-hetero) is 1. The first kappa shape index (κ1) is 14.6. The van der Waals surface area contributed by atoms with E-state index in [2.05, 4.69) is 35.0 Å². The van der Waals surface area contributed by atoms with E-state index >= 15 is 0 Å². The Kier molecular flexibility index (Phi) is 4.67. The van der Waals surface area contributed by atoms with Gasteiger partial charge in [0.15, 0.2) is 0 Å². The van der Waals surface area contributed by atoms with Gasteiger partial charge in [0, 0.05) is 11.8 Å². The molecule has 0 aromatic heterocycles. The van der Waals surface area contributed by atoms with Crippen molar-refractivity contribution >= 4 is 21.7 Å². The van der Waals surface area contributed by atoms with Crippen molar-refractivity contribution < 1.29 is 9.53 Å². The van der Waals surface area contributed by atoms with E-state index in [1.54, 1.807) is 7.11 Å². The highest BCUT2D eigenvalue weighted by Gasteiger charge is 2.38. The lowest BCUT2D eigenvalue weighted by Crippen LogP contribution is -2.37. The molecule has 1 atom stereocenters. The molecule has 19 heavy (non-hydrogen) atoms. The molecule has 1 unspecified atom stereocenters. The van der Waals surface area contributed by atoms with Crippen molar-refractivity contribution in [1.82, 2.24) is 0 Å². The van der Waals surface area contributed by atoms with Crippen molar-refractivity contribution in [2.24, 2.45) is 0 Å². The number of fused-ring (bicyclic) bond motifs is 1. The topological polar surface area (TPSA) is 26.3 Å². The summed E-state index contributed by atoms with van der Waals surface area (Å²) in [6.07, 6.45) is 4.65. The highest BCUT2D eigenvalue weighted by Crippen LogP contribution is 2.40. The molecular formula is C16H21BrO2. The number of hydrogen-bond donors (Lipinski definition) is 0. The molecule has 0 N–H and O–H groups in total. The van der Waals surface area contributed by atoms with Gasteiger partial charge in [0.25, 0.3) is 0 Å².